The Morgan fingerprint density at radius 2 is 1.27 bits per heavy atom. The van der Waals surface area contributed by atoms with Crippen molar-refractivity contribution in [3.8, 4) is 22.3 Å². The molecule has 0 aliphatic heterocycles. The predicted molar refractivity (Wildman–Crippen MR) is 117 cm³/mol. The zero-order chi connectivity index (χ0) is 21.5. The summed E-state index contributed by atoms with van der Waals surface area (Å²) in [7, 11) is 0. The van der Waals surface area contributed by atoms with Gasteiger partial charge in [-0.1, -0.05) is 61.9 Å². The van der Waals surface area contributed by atoms with E-state index in [0.717, 1.165) is 29.5 Å². The van der Waals surface area contributed by atoms with Gasteiger partial charge in [0.1, 0.15) is 11.6 Å². The summed E-state index contributed by atoms with van der Waals surface area (Å²) in [4.78, 5) is 0. The first-order valence-electron chi connectivity index (χ1n) is 10.4. The number of hydrogen-bond acceptors (Lipinski definition) is 2. The van der Waals surface area contributed by atoms with Crippen LogP contribution in [0.2, 0.25) is 0 Å². The standard InChI is InChI=1S/C26H28F2O2/c1-2-3-18-6-9-21(10-7-18)22-11-13-24(26(28)15-22)23-12-8-19(14-25(23)27)4-5-20(16-29)17-30/h6-15,20,29-30H,2-5,16-17H2,1H3. The molecule has 30 heavy (non-hydrogen) atoms. The van der Waals surface area contributed by atoms with Crippen molar-refractivity contribution in [2.24, 2.45) is 5.92 Å². The molecule has 0 aliphatic rings. The second-order valence-electron chi connectivity index (χ2n) is 7.73. The van der Waals surface area contributed by atoms with Gasteiger partial charge in [0.25, 0.3) is 0 Å². The third-order valence-electron chi connectivity index (χ3n) is 5.48. The van der Waals surface area contributed by atoms with Gasteiger partial charge < -0.3 is 10.2 Å². The third-order valence-corrected chi connectivity index (χ3v) is 5.48. The van der Waals surface area contributed by atoms with Crippen LogP contribution in [0.5, 0.6) is 0 Å². The number of halogens is 2. The largest absolute Gasteiger partial charge is 0.396 e. The fourth-order valence-electron chi connectivity index (χ4n) is 3.61. The van der Waals surface area contributed by atoms with Gasteiger partial charge in [-0.25, -0.2) is 8.78 Å². The molecule has 3 aromatic rings. The maximum atomic E-state index is 14.8. The van der Waals surface area contributed by atoms with E-state index in [4.69, 9.17) is 10.2 Å². The van der Waals surface area contributed by atoms with Crippen LogP contribution in [0, 0.1) is 17.6 Å². The van der Waals surface area contributed by atoms with E-state index in [0.29, 0.717) is 12.8 Å². The first-order chi connectivity index (χ1) is 14.5. The summed E-state index contributed by atoms with van der Waals surface area (Å²) in [6.45, 7) is 1.93. The molecular formula is C26H28F2O2. The van der Waals surface area contributed by atoms with Crippen molar-refractivity contribution in [1.29, 1.82) is 0 Å². The van der Waals surface area contributed by atoms with Crippen LogP contribution >= 0.6 is 0 Å². The SMILES string of the molecule is CCCc1ccc(-c2ccc(-c3ccc(CCC(CO)CO)cc3F)c(F)c2)cc1. The number of aryl methyl sites for hydroxylation is 2. The summed E-state index contributed by atoms with van der Waals surface area (Å²) < 4.78 is 29.5. The highest BCUT2D eigenvalue weighted by Crippen LogP contribution is 2.30. The Morgan fingerprint density at radius 1 is 0.700 bits per heavy atom. The Bertz CT molecular complexity index is 963. The highest BCUT2D eigenvalue weighted by atomic mass is 19.1. The quantitative estimate of drug-likeness (QED) is 0.469. The average molecular weight is 411 g/mol. The number of aliphatic hydroxyl groups excluding tert-OH is 2. The van der Waals surface area contributed by atoms with Gasteiger partial charge in [-0.15, -0.1) is 0 Å². The molecule has 0 bridgehead atoms. The van der Waals surface area contributed by atoms with Crippen LogP contribution in [-0.4, -0.2) is 23.4 Å². The van der Waals surface area contributed by atoms with E-state index in [1.165, 1.54) is 17.7 Å². The molecule has 0 saturated carbocycles. The summed E-state index contributed by atoms with van der Waals surface area (Å²) in [6.07, 6.45) is 3.20. The smallest absolute Gasteiger partial charge is 0.131 e. The maximum Gasteiger partial charge on any atom is 0.131 e. The summed E-state index contributed by atoms with van der Waals surface area (Å²) in [5, 5.41) is 18.3. The Labute approximate surface area is 176 Å². The second-order valence-corrected chi connectivity index (χ2v) is 7.73. The zero-order valence-electron chi connectivity index (χ0n) is 17.2. The van der Waals surface area contributed by atoms with Crippen molar-refractivity contribution in [3.05, 3.63) is 83.4 Å². The minimum absolute atomic E-state index is 0.101. The van der Waals surface area contributed by atoms with Gasteiger partial charge in [-0.3, -0.25) is 0 Å². The lowest BCUT2D eigenvalue weighted by Gasteiger charge is -2.12. The Morgan fingerprint density at radius 3 is 1.83 bits per heavy atom. The zero-order valence-corrected chi connectivity index (χ0v) is 17.2. The van der Waals surface area contributed by atoms with Crippen LogP contribution < -0.4 is 0 Å². The lowest BCUT2D eigenvalue weighted by Crippen LogP contribution is -2.11. The van der Waals surface area contributed by atoms with E-state index < -0.39 is 11.6 Å². The monoisotopic (exact) mass is 410 g/mol. The van der Waals surface area contributed by atoms with Gasteiger partial charge in [0.15, 0.2) is 0 Å². The first-order valence-corrected chi connectivity index (χ1v) is 10.4. The topological polar surface area (TPSA) is 40.5 Å². The van der Waals surface area contributed by atoms with Crippen LogP contribution in [0.1, 0.15) is 30.9 Å². The van der Waals surface area contributed by atoms with E-state index >= 15 is 0 Å². The van der Waals surface area contributed by atoms with Gasteiger partial charge in [0.05, 0.1) is 0 Å². The molecule has 4 heteroatoms. The van der Waals surface area contributed by atoms with Gasteiger partial charge >= 0.3 is 0 Å². The normalized spacial score (nSPS) is 11.3. The predicted octanol–water partition coefficient (Wildman–Crippen LogP) is 5.78. The van der Waals surface area contributed by atoms with Crippen molar-refractivity contribution < 1.29 is 19.0 Å². The van der Waals surface area contributed by atoms with Gasteiger partial charge in [0, 0.05) is 30.3 Å². The molecule has 0 unspecified atom stereocenters. The maximum absolute atomic E-state index is 14.8. The van der Waals surface area contributed by atoms with E-state index in [9.17, 15) is 8.78 Å². The molecule has 0 atom stereocenters. The van der Waals surface area contributed by atoms with E-state index in [1.54, 1.807) is 18.2 Å². The number of benzene rings is 3. The summed E-state index contributed by atoms with van der Waals surface area (Å²) in [5.41, 5.74) is 4.15. The molecular weight excluding hydrogens is 382 g/mol. The van der Waals surface area contributed by atoms with Crippen molar-refractivity contribution in [1.82, 2.24) is 0 Å². The second kappa shape index (κ2) is 10.5. The molecule has 0 amide bonds. The molecule has 2 N–H and O–H groups in total. The third kappa shape index (κ3) is 5.32. The molecule has 0 fully saturated rings. The lowest BCUT2D eigenvalue weighted by molar-refractivity contribution is 0.144. The molecule has 0 radical (unpaired) electrons. The Kier molecular flexibility index (Phi) is 7.72. The van der Waals surface area contributed by atoms with Crippen LogP contribution in [0.4, 0.5) is 8.78 Å². The van der Waals surface area contributed by atoms with E-state index in [1.807, 2.05) is 18.2 Å². The molecule has 0 aromatic heterocycles. The van der Waals surface area contributed by atoms with Crippen LogP contribution in [-0.2, 0) is 12.8 Å². The minimum atomic E-state index is -0.479. The van der Waals surface area contributed by atoms with Crippen LogP contribution in [0.3, 0.4) is 0 Å². The van der Waals surface area contributed by atoms with Gasteiger partial charge in [-0.05, 0) is 53.6 Å². The summed E-state index contributed by atoms with van der Waals surface area (Å²) >= 11 is 0. The number of hydrogen-bond donors (Lipinski definition) is 2. The summed E-state index contributed by atoms with van der Waals surface area (Å²) in [6, 6.07) is 17.7. The average Bonchev–Trinajstić information content (AvgIpc) is 2.76. The highest BCUT2D eigenvalue weighted by Gasteiger charge is 2.13. The van der Waals surface area contributed by atoms with Crippen molar-refractivity contribution in [3.63, 3.8) is 0 Å². The van der Waals surface area contributed by atoms with E-state index in [-0.39, 0.29) is 30.3 Å². The first kappa shape index (κ1) is 22.1. The molecule has 0 saturated heterocycles. The van der Waals surface area contributed by atoms with Gasteiger partial charge in [0.2, 0.25) is 0 Å². The minimum Gasteiger partial charge on any atom is -0.396 e. The van der Waals surface area contributed by atoms with Crippen LogP contribution in [0.25, 0.3) is 22.3 Å². The molecule has 158 valence electrons. The van der Waals surface area contributed by atoms with E-state index in [2.05, 4.69) is 19.1 Å². The van der Waals surface area contributed by atoms with Gasteiger partial charge in [-0.2, -0.15) is 0 Å². The summed E-state index contributed by atoms with van der Waals surface area (Å²) in [5.74, 6) is -1.15. The molecule has 3 rings (SSSR count). The molecule has 3 aromatic carbocycles. The fourth-order valence-corrected chi connectivity index (χ4v) is 3.61. The Hall–Kier alpha value is -2.56. The molecule has 0 spiro atoms. The lowest BCUT2D eigenvalue weighted by atomic mass is 9.96. The molecule has 0 heterocycles. The van der Waals surface area contributed by atoms with Crippen molar-refractivity contribution >= 4 is 0 Å². The van der Waals surface area contributed by atoms with Crippen molar-refractivity contribution in [2.75, 3.05) is 13.2 Å². The fraction of sp³-hybridized carbons (Fsp3) is 0.308. The Balaban J connectivity index is 1.79. The number of rotatable bonds is 9. The number of aliphatic hydroxyl groups is 2. The highest BCUT2D eigenvalue weighted by molar-refractivity contribution is 5.71. The van der Waals surface area contributed by atoms with Crippen molar-refractivity contribution in [2.45, 2.75) is 32.6 Å². The molecule has 2 nitrogen and oxygen atoms in total. The molecule has 0 aliphatic carbocycles. The van der Waals surface area contributed by atoms with Crippen LogP contribution in [0.15, 0.2) is 60.7 Å².